The number of amides is 2. The van der Waals surface area contributed by atoms with E-state index in [0.717, 1.165) is 43.3 Å². The Morgan fingerprint density at radius 3 is 2.44 bits per heavy atom. The van der Waals surface area contributed by atoms with Crippen LogP contribution in [0.25, 0.3) is 0 Å². The van der Waals surface area contributed by atoms with Gasteiger partial charge < -0.3 is 15.4 Å². The number of sulfonamides is 1. The minimum absolute atomic E-state index is 0.165. The Balaban J connectivity index is 1.45. The van der Waals surface area contributed by atoms with Gasteiger partial charge in [-0.15, -0.1) is 0 Å². The monoisotopic (exact) mass is 597 g/mol. The van der Waals surface area contributed by atoms with Gasteiger partial charge in [0.15, 0.2) is 5.69 Å². The van der Waals surface area contributed by atoms with Gasteiger partial charge in [0, 0.05) is 22.2 Å². The van der Waals surface area contributed by atoms with Crippen molar-refractivity contribution in [1.29, 1.82) is 0 Å². The van der Waals surface area contributed by atoms with E-state index < -0.39 is 37.3 Å². The molecule has 9 nitrogen and oxygen atoms in total. The second-order valence-electron chi connectivity index (χ2n) is 10.7. The molecule has 2 atom stereocenters. The first-order chi connectivity index (χ1) is 19.6. The Labute approximate surface area is 245 Å². The third-order valence-electron chi connectivity index (χ3n) is 7.91. The number of piperidine rings is 1. The number of ether oxygens (including phenoxy) is 1. The van der Waals surface area contributed by atoms with Gasteiger partial charge in [-0.25, -0.2) is 0 Å². The zero-order chi connectivity index (χ0) is 29.1. The largest absolute Gasteiger partial charge is 0.374 e. The van der Waals surface area contributed by atoms with Gasteiger partial charge in [0.05, 0.1) is 24.9 Å². The first-order valence-electron chi connectivity index (χ1n) is 13.5. The normalized spacial score (nSPS) is 20.2. The lowest BCUT2D eigenvalue weighted by molar-refractivity contribution is -0.127. The first-order valence-corrected chi connectivity index (χ1v) is 15.8. The van der Waals surface area contributed by atoms with Crippen molar-refractivity contribution in [3.8, 4) is 0 Å². The molecule has 2 unspecified atom stereocenters. The number of hydrogen-bond donors (Lipinski definition) is 3. The van der Waals surface area contributed by atoms with E-state index in [-0.39, 0.29) is 25.3 Å². The zero-order valence-corrected chi connectivity index (χ0v) is 24.4. The Morgan fingerprint density at radius 1 is 1.02 bits per heavy atom. The van der Waals surface area contributed by atoms with E-state index in [1.165, 1.54) is 6.07 Å². The van der Waals surface area contributed by atoms with Gasteiger partial charge in [0.25, 0.3) is 11.8 Å². The molecule has 1 fully saturated rings. The Hall–Kier alpha value is -3.28. The second kappa shape index (κ2) is 11.9. The number of nitrogens with zero attached hydrogens (tertiary/aromatic N) is 1. The van der Waals surface area contributed by atoms with Gasteiger partial charge in [-0.3, -0.25) is 9.59 Å². The molecular formula is C30H34ClN4O5S+. The smallest absolute Gasteiger partial charge is 0.321 e. The average Bonchev–Trinajstić information content (AvgIpc) is 3.23. The molecule has 0 aromatic heterocycles. The van der Waals surface area contributed by atoms with Crippen LogP contribution < -0.4 is 20.1 Å². The highest BCUT2D eigenvalue weighted by molar-refractivity contribution is 7.90. The molecular weight excluding hydrogens is 564 g/mol. The maximum absolute atomic E-state index is 14.0. The molecule has 11 heteroatoms. The number of quaternary nitrogens is 1. The summed E-state index contributed by atoms with van der Waals surface area (Å²) in [7, 11) is -3.92. The summed E-state index contributed by atoms with van der Waals surface area (Å²) in [6.45, 7) is 1.70. The van der Waals surface area contributed by atoms with E-state index in [0.29, 0.717) is 10.7 Å². The highest BCUT2D eigenvalue weighted by Gasteiger charge is 2.60. The summed E-state index contributed by atoms with van der Waals surface area (Å²) < 4.78 is 32.3. The molecule has 216 valence electrons. The molecule has 2 aliphatic rings. The molecule has 41 heavy (non-hydrogen) atoms. The molecule has 2 aliphatic heterocycles. The Kier molecular flexibility index (Phi) is 8.49. The number of nitrogens with one attached hydrogen (secondary N) is 3. The summed E-state index contributed by atoms with van der Waals surface area (Å²) in [6, 6.07) is 22.0. The lowest BCUT2D eigenvalue weighted by atomic mass is 9.75. The molecule has 2 heterocycles. The average molecular weight is 598 g/mol. The van der Waals surface area contributed by atoms with Gasteiger partial charge in [-0.1, -0.05) is 70.2 Å². The van der Waals surface area contributed by atoms with Gasteiger partial charge >= 0.3 is 10.0 Å². The molecule has 1 saturated heterocycles. The molecule has 1 spiro atoms. The number of fused-ring (bicyclic) bond motifs is 2. The molecule has 0 bridgehead atoms. The molecule has 3 N–H and O–H groups in total. The summed E-state index contributed by atoms with van der Waals surface area (Å²) in [4.78, 5) is 27.1. The van der Waals surface area contributed by atoms with Crippen LogP contribution in [-0.2, 0) is 31.6 Å². The van der Waals surface area contributed by atoms with Crippen molar-refractivity contribution in [2.45, 2.75) is 30.9 Å². The van der Waals surface area contributed by atoms with Crippen LogP contribution in [0.15, 0.2) is 78.9 Å². The van der Waals surface area contributed by atoms with Crippen LogP contribution in [0.5, 0.6) is 0 Å². The van der Waals surface area contributed by atoms with E-state index in [2.05, 4.69) is 16.1 Å². The summed E-state index contributed by atoms with van der Waals surface area (Å²) in [6.07, 6.45) is 2.62. The minimum atomic E-state index is -3.92. The summed E-state index contributed by atoms with van der Waals surface area (Å²) in [5, 5.41) is 6.46. The molecule has 5 rings (SSSR count). The number of benzene rings is 3. The number of rotatable bonds is 9. The standard InChI is InChI=1S/C30H33ClN4O5S/c1-41(38,39)35(21-30(14-16-32-17-15-30)25-12-5-6-13-27(25)35)34-29(37)26(20-40-19-22-8-3-2-4-9-22)33-28(36)23-10-7-11-24(31)18-23/h2-13,18,26,32H,14-17,19-21H2,1H3,(H-,33,34,36,37)/p+1. The fourth-order valence-electron chi connectivity index (χ4n) is 5.82. The Morgan fingerprint density at radius 2 is 1.73 bits per heavy atom. The van der Waals surface area contributed by atoms with Crippen LogP contribution in [0.3, 0.4) is 0 Å². The second-order valence-corrected chi connectivity index (χ2v) is 13.2. The molecule has 2 amide bonds. The highest BCUT2D eigenvalue weighted by Crippen LogP contribution is 2.50. The molecule has 0 saturated carbocycles. The zero-order valence-electron chi connectivity index (χ0n) is 22.8. The third-order valence-corrected chi connectivity index (χ3v) is 9.70. The number of para-hydroxylation sites is 1. The number of hydrogen-bond acceptors (Lipinski definition) is 6. The Bertz CT molecular complexity index is 1530. The van der Waals surface area contributed by atoms with Crippen molar-refractivity contribution < 1.29 is 22.7 Å². The van der Waals surface area contributed by atoms with E-state index in [1.54, 1.807) is 30.3 Å². The number of carbonyl (C=O) groups excluding carboxylic acids is 2. The van der Waals surface area contributed by atoms with Crippen LogP contribution in [0, 0.1) is 0 Å². The molecule has 0 radical (unpaired) electrons. The molecule has 3 aromatic carbocycles. The lowest BCUT2D eigenvalue weighted by Crippen LogP contribution is -2.68. The topological polar surface area (TPSA) is 114 Å². The van der Waals surface area contributed by atoms with Crippen molar-refractivity contribution in [2.75, 3.05) is 32.5 Å². The van der Waals surface area contributed by atoms with E-state index in [1.807, 2.05) is 42.5 Å². The lowest BCUT2D eigenvalue weighted by Gasteiger charge is -2.36. The van der Waals surface area contributed by atoms with Crippen molar-refractivity contribution in [2.24, 2.45) is 0 Å². The maximum Gasteiger partial charge on any atom is 0.321 e. The highest BCUT2D eigenvalue weighted by atomic mass is 35.5. The van der Waals surface area contributed by atoms with E-state index in [9.17, 15) is 18.0 Å². The van der Waals surface area contributed by atoms with Crippen LogP contribution in [0.4, 0.5) is 5.69 Å². The molecule has 3 aromatic rings. The summed E-state index contributed by atoms with van der Waals surface area (Å²) >= 11 is 6.08. The third kappa shape index (κ3) is 6.02. The number of halogens is 1. The molecule has 0 aliphatic carbocycles. The van der Waals surface area contributed by atoms with Crippen molar-refractivity contribution in [1.82, 2.24) is 20.1 Å². The van der Waals surface area contributed by atoms with E-state index in [4.69, 9.17) is 16.3 Å². The predicted octanol–water partition coefficient (Wildman–Crippen LogP) is 3.29. The first kappa shape index (κ1) is 29.2. The van der Waals surface area contributed by atoms with Crippen molar-refractivity contribution in [3.63, 3.8) is 0 Å². The summed E-state index contributed by atoms with van der Waals surface area (Å²) in [5.74, 6) is -1.20. The van der Waals surface area contributed by atoms with Crippen molar-refractivity contribution in [3.05, 3.63) is 101 Å². The van der Waals surface area contributed by atoms with Crippen LogP contribution in [0.2, 0.25) is 5.02 Å². The fourth-order valence-corrected chi connectivity index (χ4v) is 7.27. The van der Waals surface area contributed by atoms with Gasteiger partial charge in [-0.2, -0.15) is 13.8 Å². The minimum Gasteiger partial charge on any atom is -0.374 e. The SMILES string of the molecule is CS(=O)(=O)[N+]1(NC(=O)C(COCc2ccccc2)NC(=O)c2cccc(Cl)c2)CC2(CCNCC2)c2ccccc21. The summed E-state index contributed by atoms with van der Waals surface area (Å²) in [5.41, 5.74) is 5.04. The van der Waals surface area contributed by atoms with Gasteiger partial charge in [-0.05, 0) is 49.7 Å². The fraction of sp³-hybridized carbons (Fsp3) is 0.333. The number of carbonyl (C=O) groups is 2. The van der Waals surface area contributed by atoms with Crippen LogP contribution >= 0.6 is 11.6 Å². The van der Waals surface area contributed by atoms with Crippen LogP contribution in [0.1, 0.15) is 34.3 Å². The van der Waals surface area contributed by atoms with Gasteiger partial charge in [0.1, 0.15) is 12.6 Å². The van der Waals surface area contributed by atoms with Crippen molar-refractivity contribution >= 4 is 39.1 Å². The van der Waals surface area contributed by atoms with Crippen LogP contribution in [-0.4, -0.2) is 58.8 Å². The predicted molar refractivity (Wildman–Crippen MR) is 159 cm³/mol. The quantitative estimate of drug-likeness (QED) is 0.326. The van der Waals surface area contributed by atoms with Gasteiger partial charge in [0.2, 0.25) is 0 Å². The maximum atomic E-state index is 14.0. The van der Waals surface area contributed by atoms with E-state index >= 15 is 0 Å².